The van der Waals surface area contributed by atoms with Crippen LogP contribution in [0.3, 0.4) is 0 Å². The van der Waals surface area contributed by atoms with Crippen LogP contribution in [0.25, 0.3) is 0 Å². The van der Waals surface area contributed by atoms with Crippen molar-refractivity contribution in [2.45, 2.75) is 50.7 Å². The second-order valence-electron chi connectivity index (χ2n) is 6.20. The molecule has 100 valence electrons. The number of nitrogens with zero attached hydrogens (tertiary/aromatic N) is 2. The molecule has 0 amide bonds. The highest BCUT2D eigenvalue weighted by molar-refractivity contribution is 4.83. The summed E-state index contributed by atoms with van der Waals surface area (Å²) in [6.07, 6.45) is 7.15. The molecular weight excluding hydrogens is 212 g/mol. The van der Waals surface area contributed by atoms with Gasteiger partial charge in [-0.3, -0.25) is 0 Å². The number of aliphatic hydroxyl groups is 1. The van der Waals surface area contributed by atoms with E-state index in [2.05, 4.69) is 23.9 Å². The Labute approximate surface area is 106 Å². The van der Waals surface area contributed by atoms with Crippen molar-refractivity contribution in [3.05, 3.63) is 0 Å². The van der Waals surface area contributed by atoms with Crippen LogP contribution < -0.4 is 0 Å². The number of aliphatic hydroxyl groups excluding tert-OH is 1. The molecule has 0 spiro atoms. The molecule has 0 unspecified atom stereocenters. The second kappa shape index (κ2) is 6.17. The molecule has 0 aromatic rings. The van der Waals surface area contributed by atoms with Crippen molar-refractivity contribution in [2.24, 2.45) is 5.92 Å². The maximum absolute atomic E-state index is 9.54. The van der Waals surface area contributed by atoms with E-state index in [-0.39, 0.29) is 6.10 Å². The largest absolute Gasteiger partial charge is 0.393 e. The van der Waals surface area contributed by atoms with E-state index in [9.17, 15) is 5.11 Å². The van der Waals surface area contributed by atoms with Crippen LogP contribution in [0.5, 0.6) is 0 Å². The van der Waals surface area contributed by atoms with Crippen LogP contribution in [-0.2, 0) is 0 Å². The van der Waals surface area contributed by atoms with Gasteiger partial charge in [0.1, 0.15) is 0 Å². The monoisotopic (exact) mass is 240 g/mol. The van der Waals surface area contributed by atoms with Crippen LogP contribution in [-0.4, -0.2) is 60.8 Å². The van der Waals surface area contributed by atoms with E-state index in [0.717, 1.165) is 24.8 Å². The normalized spacial score (nSPS) is 33.2. The topological polar surface area (TPSA) is 26.7 Å². The number of hydrogen-bond donors (Lipinski definition) is 1. The molecule has 2 fully saturated rings. The molecule has 1 saturated carbocycles. The van der Waals surface area contributed by atoms with Gasteiger partial charge in [0.25, 0.3) is 0 Å². The van der Waals surface area contributed by atoms with Crippen molar-refractivity contribution >= 4 is 0 Å². The molecule has 0 radical (unpaired) electrons. The molecule has 1 aliphatic heterocycles. The predicted octanol–water partition coefficient (Wildman–Crippen LogP) is 1.56. The number of likely N-dealkylation sites (tertiary alicyclic amines) is 1. The van der Waals surface area contributed by atoms with Crippen LogP contribution in [0.2, 0.25) is 0 Å². The van der Waals surface area contributed by atoms with Crippen LogP contribution >= 0.6 is 0 Å². The van der Waals surface area contributed by atoms with Gasteiger partial charge in [-0.25, -0.2) is 0 Å². The van der Waals surface area contributed by atoms with Crippen molar-refractivity contribution in [1.82, 2.24) is 9.80 Å². The Kier molecular flexibility index (Phi) is 4.83. The molecular formula is C14H28N2O. The highest BCUT2D eigenvalue weighted by Crippen LogP contribution is 2.27. The molecule has 1 heterocycles. The number of piperidine rings is 1. The van der Waals surface area contributed by atoms with Gasteiger partial charge in [-0.15, -0.1) is 0 Å². The molecule has 0 bridgehead atoms. The molecule has 0 atom stereocenters. The summed E-state index contributed by atoms with van der Waals surface area (Å²) >= 11 is 0. The van der Waals surface area contributed by atoms with Crippen LogP contribution in [0.4, 0.5) is 0 Å². The fraction of sp³-hybridized carbons (Fsp3) is 1.00. The zero-order valence-electron chi connectivity index (χ0n) is 11.4. The lowest BCUT2D eigenvalue weighted by molar-refractivity contribution is 0.0530. The molecule has 0 aromatic heterocycles. The van der Waals surface area contributed by atoms with E-state index in [1.54, 1.807) is 0 Å². The summed E-state index contributed by atoms with van der Waals surface area (Å²) in [5, 5.41) is 9.54. The Hall–Kier alpha value is -0.120. The molecule has 1 N–H and O–H groups in total. The van der Waals surface area contributed by atoms with Gasteiger partial charge >= 0.3 is 0 Å². The molecule has 3 heteroatoms. The van der Waals surface area contributed by atoms with Crippen molar-refractivity contribution in [1.29, 1.82) is 0 Å². The highest BCUT2D eigenvalue weighted by Gasteiger charge is 2.28. The van der Waals surface area contributed by atoms with E-state index in [4.69, 9.17) is 0 Å². The van der Waals surface area contributed by atoms with E-state index < -0.39 is 0 Å². The summed E-state index contributed by atoms with van der Waals surface area (Å²) in [7, 11) is 4.35. The maximum atomic E-state index is 9.54. The third-order valence-electron chi connectivity index (χ3n) is 4.46. The molecule has 3 nitrogen and oxygen atoms in total. The fourth-order valence-electron chi connectivity index (χ4n) is 3.44. The summed E-state index contributed by atoms with van der Waals surface area (Å²) in [5.41, 5.74) is 0. The van der Waals surface area contributed by atoms with E-state index in [1.165, 1.54) is 45.3 Å². The smallest absolute Gasteiger partial charge is 0.0541 e. The lowest BCUT2D eigenvalue weighted by atomic mass is 9.89. The van der Waals surface area contributed by atoms with Gasteiger partial charge in [0.05, 0.1) is 6.10 Å². The molecule has 1 aliphatic carbocycles. The average Bonchev–Trinajstić information content (AvgIpc) is 2.30. The predicted molar refractivity (Wildman–Crippen MR) is 71.1 cm³/mol. The zero-order chi connectivity index (χ0) is 12.3. The van der Waals surface area contributed by atoms with Gasteiger partial charge in [0.15, 0.2) is 0 Å². The fourth-order valence-corrected chi connectivity index (χ4v) is 3.44. The third-order valence-corrected chi connectivity index (χ3v) is 4.46. The molecule has 0 aromatic carbocycles. The third kappa shape index (κ3) is 3.94. The lowest BCUT2D eigenvalue weighted by Crippen LogP contribution is -2.44. The highest BCUT2D eigenvalue weighted by atomic mass is 16.3. The van der Waals surface area contributed by atoms with Crippen molar-refractivity contribution in [3.63, 3.8) is 0 Å². The minimum absolute atomic E-state index is 0.0162. The number of rotatable bonds is 3. The van der Waals surface area contributed by atoms with Crippen molar-refractivity contribution < 1.29 is 5.11 Å². The first kappa shape index (κ1) is 13.3. The summed E-state index contributed by atoms with van der Waals surface area (Å²) in [6, 6.07) is 0.763. The van der Waals surface area contributed by atoms with Crippen molar-refractivity contribution in [2.75, 3.05) is 33.7 Å². The van der Waals surface area contributed by atoms with E-state index in [0.29, 0.717) is 0 Å². The van der Waals surface area contributed by atoms with Crippen LogP contribution in [0, 0.1) is 5.92 Å². The minimum atomic E-state index is -0.0162. The van der Waals surface area contributed by atoms with Gasteiger partial charge in [-0.2, -0.15) is 0 Å². The summed E-state index contributed by atoms with van der Waals surface area (Å²) in [6.45, 7) is 3.80. The summed E-state index contributed by atoms with van der Waals surface area (Å²) < 4.78 is 0. The Balaban J connectivity index is 1.71. The van der Waals surface area contributed by atoms with Gasteiger partial charge in [-0.1, -0.05) is 0 Å². The van der Waals surface area contributed by atoms with Crippen LogP contribution in [0.1, 0.15) is 38.5 Å². The van der Waals surface area contributed by atoms with Gasteiger partial charge in [-0.05, 0) is 71.6 Å². The zero-order valence-corrected chi connectivity index (χ0v) is 11.4. The van der Waals surface area contributed by atoms with Gasteiger partial charge < -0.3 is 14.9 Å². The minimum Gasteiger partial charge on any atom is -0.393 e. The van der Waals surface area contributed by atoms with E-state index in [1.807, 2.05) is 0 Å². The van der Waals surface area contributed by atoms with Crippen molar-refractivity contribution in [3.8, 4) is 0 Å². The summed E-state index contributed by atoms with van der Waals surface area (Å²) in [4.78, 5) is 5.00. The van der Waals surface area contributed by atoms with Crippen LogP contribution in [0.15, 0.2) is 0 Å². The number of hydrogen-bond acceptors (Lipinski definition) is 3. The maximum Gasteiger partial charge on any atom is 0.0541 e. The standard InChI is InChI=1S/C14H28N2O/c1-15(2)11-12-7-9-16(10-8-12)13-3-5-14(17)6-4-13/h12-14,17H,3-11H2,1-2H3. The Morgan fingerprint density at radius 1 is 1.00 bits per heavy atom. The second-order valence-corrected chi connectivity index (χ2v) is 6.20. The first-order chi connectivity index (χ1) is 8.15. The van der Waals surface area contributed by atoms with E-state index >= 15 is 0 Å². The Bertz CT molecular complexity index is 216. The Morgan fingerprint density at radius 3 is 2.12 bits per heavy atom. The first-order valence-corrected chi connectivity index (χ1v) is 7.22. The SMILES string of the molecule is CN(C)CC1CCN(C2CCC(O)CC2)CC1. The molecule has 2 rings (SSSR count). The van der Waals surface area contributed by atoms with Gasteiger partial charge in [0, 0.05) is 12.6 Å². The summed E-state index contributed by atoms with van der Waals surface area (Å²) in [5.74, 6) is 0.899. The van der Waals surface area contributed by atoms with Gasteiger partial charge in [0.2, 0.25) is 0 Å². The molecule has 1 saturated heterocycles. The quantitative estimate of drug-likeness (QED) is 0.811. The molecule has 2 aliphatic rings. The Morgan fingerprint density at radius 2 is 1.59 bits per heavy atom. The lowest BCUT2D eigenvalue weighted by Gasteiger charge is -2.40. The average molecular weight is 240 g/mol. The molecule has 17 heavy (non-hydrogen) atoms. The first-order valence-electron chi connectivity index (χ1n) is 7.22.